The molecule has 0 saturated carbocycles. The zero-order valence-corrected chi connectivity index (χ0v) is 16.0. The normalized spacial score (nSPS) is 10.5. The lowest BCUT2D eigenvalue weighted by Gasteiger charge is -2.13. The summed E-state index contributed by atoms with van der Waals surface area (Å²) in [6, 6.07) is 22.8. The SMILES string of the molecule is O=C(CNC(=O)c1ccccc1OC(F)F)Nc1ccccc1Cc1ccccc1. The van der Waals surface area contributed by atoms with Gasteiger partial charge in [-0.05, 0) is 35.7 Å². The maximum Gasteiger partial charge on any atom is 0.387 e. The van der Waals surface area contributed by atoms with Crippen molar-refractivity contribution in [1.82, 2.24) is 5.32 Å². The van der Waals surface area contributed by atoms with Crippen molar-refractivity contribution in [1.29, 1.82) is 0 Å². The largest absolute Gasteiger partial charge is 0.434 e. The monoisotopic (exact) mass is 410 g/mol. The van der Waals surface area contributed by atoms with E-state index in [1.54, 1.807) is 12.1 Å². The van der Waals surface area contributed by atoms with Crippen molar-refractivity contribution in [2.75, 3.05) is 11.9 Å². The predicted octanol–water partition coefficient (Wildman–Crippen LogP) is 4.25. The smallest absolute Gasteiger partial charge is 0.387 e. The number of hydrogen-bond acceptors (Lipinski definition) is 3. The molecule has 5 nitrogen and oxygen atoms in total. The van der Waals surface area contributed by atoms with Crippen LogP contribution in [0.2, 0.25) is 0 Å². The predicted molar refractivity (Wildman–Crippen MR) is 110 cm³/mol. The van der Waals surface area contributed by atoms with Crippen molar-refractivity contribution in [2.45, 2.75) is 13.0 Å². The molecule has 0 aromatic heterocycles. The second-order valence-corrected chi connectivity index (χ2v) is 6.43. The van der Waals surface area contributed by atoms with Crippen molar-refractivity contribution < 1.29 is 23.1 Å². The minimum atomic E-state index is -3.05. The summed E-state index contributed by atoms with van der Waals surface area (Å²) in [5, 5.41) is 5.21. The summed E-state index contributed by atoms with van der Waals surface area (Å²) in [5.41, 5.74) is 2.60. The van der Waals surface area contributed by atoms with Gasteiger partial charge in [0.25, 0.3) is 5.91 Å². The fourth-order valence-corrected chi connectivity index (χ4v) is 2.92. The Morgan fingerprint density at radius 2 is 1.53 bits per heavy atom. The number of carbonyl (C=O) groups excluding carboxylic acids is 2. The molecule has 0 aliphatic rings. The van der Waals surface area contributed by atoms with Crippen LogP contribution < -0.4 is 15.4 Å². The van der Waals surface area contributed by atoms with Crippen molar-refractivity contribution >= 4 is 17.5 Å². The first-order valence-corrected chi connectivity index (χ1v) is 9.26. The highest BCUT2D eigenvalue weighted by molar-refractivity contribution is 6.01. The van der Waals surface area contributed by atoms with E-state index >= 15 is 0 Å². The number of ether oxygens (including phenoxy) is 1. The quantitative estimate of drug-likeness (QED) is 0.584. The summed E-state index contributed by atoms with van der Waals surface area (Å²) in [6.07, 6.45) is 0.641. The molecular weight excluding hydrogens is 390 g/mol. The van der Waals surface area contributed by atoms with Gasteiger partial charge in [-0.2, -0.15) is 8.78 Å². The number of rotatable bonds is 8. The van der Waals surface area contributed by atoms with Crippen LogP contribution in [0, 0.1) is 0 Å². The van der Waals surface area contributed by atoms with Gasteiger partial charge in [-0.3, -0.25) is 9.59 Å². The number of nitrogens with one attached hydrogen (secondary N) is 2. The lowest BCUT2D eigenvalue weighted by atomic mass is 10.0. The number of carbonyl (C=O) groups is 2. The summed E-state index contributed by atoms with van der Waals surface area (Å²) in [4.78, 5) is 24.6. The van der Waals surface area contributed by atoms with Gasteiger partial charge in [-0.15, -0.1) is 0 Å². The van der Waals surface area contributed by atoms with Crippen molar-refractivity contribution in [3.8, 4) is 5.75 Å². The topological polar surface area (TPSA) is 67.4 Å². The van der Waals surface area contributed by atoms with Crippen LogP contribution in [0.3, 0.4) is 0 Å². The molecule has 154 valence electrons. The molecule has 0 spiro atoms. The first-order chi connectivity index (χ1) is 14.5. The van der Waals surface area contributed by atoms with Gasteiger partial charge in [0.05, 0.1) is 12.1 Å². The molecule has 0 bridgehead atoms. The molecule has 3 aromatic rings. The van der Waals surface area contributed by atoms with Gasteiger partial charge in [-0.1, -0.05) is 60.7 Å². The van der Waals surface area contributed by atoms with Gasteiger partial charge in [0.15, 0.2) is 0 Å². The van der Waals surface area contributed by atoms with Gasteiger partial charge in [0, 0.05) is 5.69 Å². The molecule has 3 aromatic carbocycles. The van der Waals surface area contributed by atoms with E-state index in [0.717, 1.165) is 11.1 Å². The van der Waals surface area contributed by atoms with Gasteiger partial charge >= 0.3 is 6.61 Å². The molecule has 0 aliphatic heterocycles. The third-order valence-corrected chi connectivity index (χ3v) is 4.29. The number of para-hydroxylation sites is 2. The average Bonchev–Trinajstić information content (AvgIpc) is 2.74. The highest BCUT2D eigenvalue weighted by Gasteiger charge is 2.16. The van der Waals surface area contributed by atoms with Crippen molar-refractivity contribution in [3.05, 3.63) is 95.6 Å². The zero-order valence-electron chi connectivity index (χ0n) is 16.0. The Morgan fingerprint density at radius 1 is 0.867 bits per heavy atom. The fraction of sp³-hybridized carbons (Fsp3) is 0.130. The Balaban J connectivity index is 1.61. The first-order valence-electron chi connectivity index (χ1n) is 9.26. The zero-order chi connectivity index (χ0) is 21.3. The lowest BCUT2D eigenvalue weighted by molar-refractivity contribution is -0.115. The van der Waals surface area contributed by atoms with Crippen LogP contribution in [0.1, 0.15) is 21.5 Å². The van der Waals surface area contributed by atoms with E-state index in [2.05, 4.69) is 15.4 Å². The molecule has 7 heteroatoms. The second kappa shape index (κ2) is 10.2. The van der Waals surface area contributed by atoms with E-state index in [1.165, 1.54) is 24.3 Å². The molecule has 30 heavy (non-hydrogen) atoms. The highest BCUT2D eigenvalue weighted by atomic mass is 19.3. The van der Waals surface area contributed by atoms with Gasteiger partial charge < -0.3 is 15.4 Å². The molecule has 3 rings (SSSR count). The van der Waals surface area contributed by atoms with Crippen LogP contribution in [0.15, 0.2) is 78.9 Å². The van der Waals surface area contributed by atoms with Gasteiger partial charge in [0.2, 0.25) is 5.91 Å². The maximum atomic E-state index is 12.5. The van der Waals surface area contributed by atoms with Crippen LogP contribution in [-0.2, 0) is 11.2 Å². The van der Waals surface area contributed by atoms with E-state index in [4.69, 9.17) is 0 Å². The van der Waals surface area contributed by atoms with Crippen LogP contribution in [0.4, 0.5) is 14.5 Å². The summed E-state index contributed by atoms with van der Waals surface area (Å²) >= 11 is 0. The number of alkyl halides is 2. The molecule has 0 saturated heterocycles. The third kappa shape index (κ3) is 5.88. The minimum Gasteiger partial charge on any atom is -0.434 e. The van der Waals surface area contributed by atoms with Gasteiger partial charge in [-0.25, -0.2) is 0 Å². The van der Waals surface area contributed by atoms with Crippen molar-refractivity contribution in [2.24, 2.45) is 0 Å². The molecule has 0 fully saturated rings. The first kappa shape index (κ1) is 21.0. The molecule has 0 unspecified atom stereocenters. The Hall–Kier alpha value is -3.74. The summed E-state index contributed by atoms with van der Waals surface area (Å²) in [6.45, 7) is -3.37. The summed E-state index contributed by atoms with van der Waals surface area (Å²) in [5.74, 6) is -1.37. The molecular formula is C23H20F2N2O3. The van der Waals surface area contributed by atoms with E-state index < -0.39 is 18.4 Å². The van der Waals surface area contributed by atoms with Crippen LogP contribution in [0.5, 0.6) is 5.75 Å². The summed E-state index contributed by atoms with van der Waals surface area (Å²) < 4.78 is 29.3. The Morgan fingerprint density at radius 3 is 2.30 bits per heavy atom. The standard InChI is InChI=1S/C23H20F2N2O3/c24-23(25)30-20-13-7-5-11-18(20)22(29)26-15-21(28)27-19-12-6-4-10-17(19)14-16-8-2-1-3-9-16/h1-13,23H,14-15H2,(H,26,29)(H,27,28). The maximum absolute atomic E-state index is 12.5. The number of benzene rings is 3. The molecule has 2 N–H and O–H groups in total. The fourth-order valence-electron chi connectivity index (χ4n) is 2.92. The molecule has 2 amide bonds. The highest BCUT2D eigenvalue weighted by Crippen LogP contribution is 2.21. The molecule has 0 atom stereocenters. The lowest BCUT2D eigenvalue weighted by Crippen LogP contribution is -2.33. The molecule has 0 aliphatic carbocycles. The van der Waals surface area contributed by atoms with E-state index in [-0.39, 0.29) is 17.9 Å². The van der Waals surface area contributed by atoms with Crippen LogP contribution in [0.25, 0.3) is 0 Å². The molecule has 0 radical (unpaired) electrons. The number of anilines is 1. The molecule has 0 heterocycles. The van der Waals surface area contributed by atoms with Crippen LogP contribution >= 0.6 is 0 Å². The number of amides is 2. The van der Waals surface area contributed by atoms with E-state index in [0.29, 0.717) is 12.1 Å². The number of hydrogen-bond donors (Lipinski definition) is 2. The Labute approximate surface area is 172 Å². The van der Waals surface area contributed by atoms with Gasteiger partial charge in [0.1, 0.15) is 5.75 Å². The Bertz CT molecular complexity index is 1010. The second-order valence-electron chi connectivity index (χ2n) is 6.43. The minimum absolute atomic E-state index is 0.0740. The number of halogens is 2. The van der Waals surface area contributed by atoms with Crippen LogP contribution in [-0.4, -0.2) is 25.0 Å². The van der Waals surface area contributed by atoms with Crippen molar-refractivity contribution in [3.63, 3.8) is 0 Å². The Kier molecular flexibility index (Phi) is 7.10. The average molecular weight is 410 g/mol. The van der Waals surface area contributed by atoms with E-state index in [1.807, 2.05) is 42.5 Å². The van der Waals surface area contributed by atoms with E-state index in [9.17, 15) is 18.4 Å². The summed E-state index contributed by atoms with van der Waals surface area (Å²) in [7, 11) is 0. The third-order valence-electron chi connectivity index (χ3n) is 4.29.